The summed E-state index contributed by atoms with van der Waals surface area (Å²) in [6.45, 7) is 11.5. The number of aromatic nitrogens is 4. The fourth-order valence-electron chi connectivity index (χ4n) is 4.30. The number of para-hydroxylation sites is 2. The van der Waals surface area contributed by atoms with E-state index in [2.05, 4.69) is 65.8 Å². The summed E-state index contributed by atoms with van der Waals surface area (Å²) in [6, 6.07) is 11.9. The molecule has 0 spiro atoms. The first-order valence-electron chi connectivity index (χ1n) is 9.65. The van der Waals surface area contributed by atoms with Crippen LogP contribution >= 0.6 is 0 Å². The first-order chi connectivity index (χ1) is 12.8. The molecule has 1 saturated heterocycles. The van der Waals surface area contributed by atoms with Gasteiger partial charge in [-0.25, -0.2) is 4.98 Å². The maximum Gasteiger partial charge on any atom is 0.152 e. The van der Waals surface area contributed by atoms with Gasteiger partial charge in [0.05, 0.1) is 17.2 Å². The number of anilines is 1. The summed E-state index contributed by atoms with van der Waals surface area (Å²) in [5, 5.41) is 9.09. The second kappa shape index (κ2) is 6.25. The van der Waals surface area contributed by atoms with E-state index in [1.807, 2.05) is 30.3 Å². The fraction of sp³-hybridized carbons (Fsp3) is 0.455. The van der Waals surface area contributed by atoms with E-state index in [-0.39, 0.29) is 11.1 Å². The minimum Gasteiger partial charge on any atom is -0.345 e. The number of fused-ring (bicyclic) bond motifs is 1. The Hall–Kier alpha value is -2.56. The predicted octanol–water partition coefficient (Wildman–Crippen LogP) is 4.88. The van der Waals surface area contributed by atoms with Crippen molar-refractivity contribution in [2.45, 2.75) is 58.5 Å². The average molecular weight is 361 g/mol. The molecular weight excluding hydrogens is 334 g/mol. The van der Waals surface area contributed by atoms with Crippen LogP contribution in [0.5, 0.6) is 0 Å². The van der Waals surface area contributed by atoms with Gasteiger partial charge in [-0.3, -0.25) is 4.98 Å². The van der Waals surface area contributed by atoms with E-state index in [1.165, 1.54) is 6.42 Å². The van der Waals surface area contributed by atoms with Crippen LogP contribution in [0.4, 0.5) is 5.82 Å². The Bertz CT molecular complexity index is 962. The van der Waals surface area contributed by atoms with Crippen LogP contribution in [-0.2, 0) is 0 Å². The van der Waals surface area contributed by atoms with Crippen LogP contribution in [0.3, 0.4) is 0 Å². The largest absolute Gasteiger partial charge is 0.345 e. The molecule has 0 bridgehead atoms. The molecule has 0 saturated carbocycles. The van der Waals surface area contributed by atoms with E-state index in [1.54, 1.807) is 6.20 Å². The predicted molar refractivity (Wildman–Crippen MR) is 110 cm³/mol. The first-order valence-corrected chi connectivity index (χ1v) is 9.65. The SMILES string of the molecule is CC1CCC(C)(C)N(c2ccc(-c3cnc4ccccc4n3)nn2)C1(C)C. The topological polar surface area (TPSA) is 54.8 Å². The standard InChI is InChI=1S/C22H27N5/c1-15-12-13-21(2,3)27(22(15,4)5)20-11-10-18(25-26-20)19-14-23-16-8-6-7-9-17(16)24-19/h6-11,14-15H,12-13H2,1-5H3. The first kappa shape index (κ1) is 17.8. The molecule has 1 aromatic carbocycles. The number of hydrogen-bond acceptors (Lipinski definition) is 5. The van der Waals surface area contributed by atoms with Crippen molar-refractivity contribution in [3.63, 3.8) is 0 Å². The molecule has 1 aliphatic heterocycles. The summed E-state index contributed by atoms with van der Waals surface area (Å²) < 4.78 is 0. The lowest BCUT2D eigenvalue weighted by Gasteiger charge is -2.56. The number of piperidine rings is 1. The molecule has 0 radical (unpaired) electrons. The fourth-order valence-corrected chi connectivity index (χ4v) is 4.30. The Kier molecular flexibility index (Phi) is 4.13. The van der Waals surface area contributed by atoms with Crippen LogP contribution in [0.2, 0.25) is 0 Å². The van der Waals surface area contributed by atoms with Crippen molar-refractivity contribution >= 4 is 16.9 Å². The second-order valence-corrected chi connectivity index (χ2v) is 8.76. The van der Waals surface area contributed by atoms with Gasteiger partial charge in [0.25, 0.3) is 0 Å². The minimum absolute atomic E-state index is 0.0285. The molecule has 1 aliphatic rings. The van der Waals surface area contributed by atoms with Gasteiger partial charge in [0.15, 0.2) is 5.82 Å². The summed E-state index contributed by atoms with van der Waals surface area (Å²) in [4.78, 5) is 11.6. The number of rotatable bonds is 2. The number of hydrogen-bond donors (Lipinski definition) is 0. The minimum atomic E-state index is 0.0285. The van der Waals surface area contributed by atoms with Crippen molar-refractivity contribution in [3.05, 3.63) is 42.6 Å². The lowest BCUT2D eigenvalue weighted by molar-refractivity contribution is 0.174. The lowest BCUT2D eigenvalue weighted by Crippen LogP contribution is -2.62. The molecule has 1 atom stereocenters. The zero-order valence-electron chi connectivity index (χ0n) is 16.8. The Morgan fingerprint density at radius 1 is 0.926 bits per heavy atom. The molecule has 1 unspecified atom stereocenters. The van der Waals surface area contributed by atoms with E-state index in [4.69, 9.17) is 0 Å². The third-order valence-corrected chi connectivity index (χ3v) is 6.17. The highest BCUT2D eigenvalue weighted by Crippen LogP contribution is 2.44. The normalized spacial score (nSPS) is 21.4. The van der Waals surface area contributed by atoms with Crippen LogP contribution in [0.25, 0.3) is 22.4 Å². The van der Waals surface area contributed by atoms with Crippen molar-refractivity contribution < 1.29 is 0 Å². The second-order valence-electron chi connectivity index (χ2n) is 8.76. The summed E-state index contributed by atoms with van der Waals surface area (Å²) in [7, 11) is 0. The van der Waals surface area contributed by atoms with E-state index in [0.717, 1.165) is 34.7 Å². The highest BCUT2D eigenvalue weighted by molar-refractivity contribution is 5.76. The Labute approximate surface area is 160 Å². The van der Waals surface area contributed by atoms with Crippen molar-refractivity contribution in [3.8, 4) is 11.4 Å². The molecule has 4 rings (SSSR count). The zero-order valence-corrected chi connectivity index (χ0v) is 16.8. The molecular formula is C22H27N5. The molecule has 1 fully saturated rings. The van der Waals surface area contributed by atoms with Crippen LogP contribution < -0.4 is 4.90 Å². The van der Waals surface area contributed by atoms with Crippen LogP contribution in [0, 0.1) is 5.92 Å². The molecule has 5 heteroatoms. The van der Waals surface area contributed by atoms with Crippen LogP contribution in [-0.4, -0.2) is 31.2 Å². The molecule has 0 aliphatic carbocycles. The molecule has 140 valence electrons. The van der Waals surface area contributed by atoms with Gasteiger partial charge < -0.3 is 4.90 Å². The van der Waals surface area contributed by atoms with Gasteiger partial charge in [0.1, 0.15) is 11.4 Å². The number of benzene rings is 1. The van der Waals surface area contributed by atoms with Gasteiger partial charge >= 0.3 is 0 Å². The van der Waals surface area contributed by atoms with Crippen LogP contribution in [0.1, 0.15) is 47.5 Å². The van der Waals surface area contributed by atoms with Gasteiger partial charge in [-0.15, -0.1) is 10.2 Å². The quantitative estimate of drug-likeness (QED) is 0.651. The van der Waals surface area contributed by atoms with Crippen LogP contribution in [0.15, 0.2) is 42.6 Å². The Morgan fingerprint density at radius 2 is 1.67 bits per heavy atom. The molecule has 27 heavy (non-hydrogen) atoms. The van der Waals surface area contributed by atoms with Crippen molar-refractivity contribution in [2.24, 2.45) is 5.92 Å². The average Bonchev–Trinajstić information content (AvgIpc) is 2.65. The third-order valence-electron chi connectivity index (χ3n) is 6.17. The van der Waals surface area contributed by atoms with E-state index in [9.17, 15) is 0 Å². The van der Waals surface area contributed by atoms with E-state index >= 15 is 0 Å². The van der Waals surface area contributed by atoms with Gasteiger partial charge in [-0.1, -0.05) is 19.1 Å². The smallest absolute Gasteiger partial charge is 0.152 e. The molecule has 0 N–H and O–H groups in total. The van der Waals surface area contributed by atoms with Crippen molar-refractivity contribution in [1.29, 1.82) is 0 Å². The lowest BCUT2D eigenvalue weighted by atomic mass is 9.73. The molecule has 3 heterocycles. The van der Waals surface area contributed by atoms with Gasteiger partial charge in [0.2, 0.25) is 0 Å². The Balaban J connectivity index is 1.70. The molecule has 5 nitrogen and oxygen atoms in total. The van der Waals surface area contributed by atoms with E-state index in [0.29, 0.717) is 5.92 Å². The zero-order chi connectivity index (χ0) is 19.2. The van der Waals surface area contributed by atoms with Gasteiger partial charge in [0, 0.05) is 11.1 Å². The number of nitrogens with zero attached hydrogens (tertiary/aromatic N) is 5. The summed E-state index contributed by atoms with van der Waals surface area (Å²) in [5.41, 5.74) is 3.33. The summed E-state index contributed by atoms with van der Waals surface area (Å²) in [5.74, 6) is 1.52. The molecule has 0 amide bonds. The summed E-state index contributed by atoms with van der Waals surface area (Å²) in [6.07, 6.45) is 4.15. The highest BCUT2D eigenvalue weighted by atomic mass is 15.3. The summed E-state index contributed by atoms with van der Waals surface area (Å²) >= 11 is 0. The van der Waals surface area contributed by atoms with Gasteiger partial charge in [-0.05, 0) is 70.7 Å². The maximum atomic E-state index is 4.68. The van der Waals surface area contributed by atoms with E-state index < -0.39 is 0 Å². The molecule has 3 aromatic rings. The monoisotopic (exact) mass is 361 g/mol. The highest BCUT2D eigenvalue weighted by Gasteiger charge is 2.46. The third kappa shape index (κ3) is 3.05. The molecule has 2 aromatic heterocycles. The van der Waals surface area contributed by atoms with Crippen molar-refractivity contribution in [2.75, 3.05) is 4.90 Å². The van der Waals surface area contributed by atoms with Gasteiger partial charge in [-0.2, -0.15) is 0 Å². The van der Waals surface area contributed by atoms with Crippen molar-refractivity contribution in [1.82, 2.24) is 20.2 Å². The maximum absolute atomic E-state index is 4.68. The Morgan fingerprint density at radius 3 is 2.37 bits per heavy atom.